The Bertz CT molecular complexity index is 1050. The van der Waals surface area contributed by atoms with Crippen LogP contribution in [0.25, 0.3) is 23.0 Å². The van der Waals surface area contributed by atoms with Gasteiger partial charge in [-0.1, -0.05) is 29.5 Å². The molecule has 0 radical (unpaired) electrons. The van der Waals surface area contributed by atoms with Crippen molar-refractivity contribution in [2.24, 2.45) is 0 Å². The number of rotatable bonds is 6. The zero-order valence-corrected chi connectivity index (χ0v) is 16.3. The van der Waals surface area contributed by atoms with Crippen LogP contribution in [0.4, 0.5) is 0 Å². The van der Waals surface area contributed by atoms with Gasteiger partial charge in [0.25, 0.3) is 0 Å². The van der Waals surface area contributed by atoms with Crippen molar-refractivity contribution in [1.29, 1.82) is 0 Å². The van der Waals surface area contributed by atoms with Crippen LogP contribution in [0.1, 0.15) is 23.7 Å². The van der Waals surface area contributed by atoms with Crippen LogP contribution in [0.2, 0.25) is 0 Å². The normalized spacial score (nSPS) is 11.2. The van der Waals surface area contributed by atoms with E-state index in [1.807, 2.05) is 16.7 Å². The van der Waals surface area contributed by atoms with E-state index in [0.717, 1.165) is 40.1 Å². The minimum absolute atomic E-state index is 0.649. The molecule has 27 heavy (non-hydrogen) atoms. The minimum Gasteiger partial charge on any atom is -0.461 e. The summed E-state index contributed by atoms with van der Waals surface area (Å²) in [6, 6.07) is 9.99. The van der Waals surface area contributed by atoms with E-state index < -0.39 is 0 Å². The second-order valence-corrected chi connectivity index (χ2v) is 7.22. The lowest BCUT2D eigenvalue weighted by molar-refractivity contribution is 0.567. The van der Waals surface area contributed by atoms with Crippen molar-refractivity contribution in [1.82, 2.24) is 19.7 Å². The van der Waals surface area contributed by atoms with Crippen molar-refractivity contribution >= 4 is 11.8 Å². The van der Waals surface area contributed by atoms with Crippen molar-refractivity contribution in [2.75, 3.05) is 0 Å². The molecule has 0 fully saturated rings. The zero-order valence-electron chi connectivity index (χ0n) is 15.5. The maximum Gasteiger partial charge on any atom is 0.226 e. The Balaban J connectivity index is 1.51. The molecule has 3 heterocycles. The van der Waals surface area contributed by atoms with Crippen molar-refractivity contribution in [3.05, 3.63) is 59.7 Å². The summed E-state index contributed by atoms with van der Waals surface area (Å²) in [4.78, 5) is 4.63. The number of nitrogens with zero attached hydrogens (tertiary/aromatic N) is 4. The fourth-order valence-electron chi connectivity index (χ4n) is 2.96. The summed E-state index contributed by atoms with van der Waals surface area (Å²) in [5.41, 5.74) is 4.28. The van der Waals surface area contributed by atoms with Gasteiger partial charge in [-0.05, 0) is 44.5 Å². The van der Waals surface area contributed by atoms with Crippen LogP contribution in [0.3, 0.4) is 0 Å². The van der Waals surface area contributed by atoms with Crippen molar-refractivity contribution in [2.45, 2.75) is 38.2 Å². The van der Waals surface area contributed by atoms with Crippen LogP contribution in [0.15, 0.2) is 56.8 Å². The van der Waals surface area contributed by atoms with Crippen LogP contribution < -0.4 is 0 Å². The summed E-state index contributed by atoms with van der Waals surface area (Å²) in [6.45, 7) is 6.97. The second kappa shape index (κ2) is 7.44. The van der Waals surface area contributed by atoms with Gasteiger partial charge in [-0.3, -0.25) is 4.57 Å². The number of benzene rings is 1. The Morgan fingerprint density at radius 3 is 2.74 bits per heavy atom. The van der Waals surface area contributed by atoms with E-state index in [-0.39, 0.29) is 0 Å². The summed E-state index contributed by atoms with van der Waals surface area (Å²) in [5, 5.41) is 9.41. The lowest BCUT2D eigenvalue weighted by Crippen LogP contribution is -1.99. The number of aryl methyl sites for hydroxylation is 2. The number of oxazole rings is 1. The predicted molar refractivity (Wildman–Crippen MR) is 104 cm³/mol. The van der Waals surface area contributed by atoms with Gasteiger partial charge in [0, 0.05) is 17.9 Å². The fraction of sp³-hybridized carbons (Fsp3) is 0.250. The Hall–Kier alpha value is -2.80. The lowest BCUT2D eigenvalue weighted by atomic mass is 10.1. The maximum absolute atomic E-state index is 5.70. The number of furan rings is 1. The standard InChI is InChI=1S/C20H20N4O2S/c1-4-24-18(17-6-5-9-25-17)22-23-20(24)27-12-15-11-26-19(21-15)16-8-7-13(2)10-14(16)3/h5-11H,4,12H2,1-3H3. The first-order chi connectivity index (χ1) is 13.2. The molecule has 0 aliphatic carbocycles. The van der Waals surface area contributed by atoms with Crippen LogP contribution in [-0.4, -0.2) is 19.7 Å². The third kappa shape index (κ3) is 3.55. The van der Waals surface area contributed by atoms with Gasteiger partial charge in [-0.15, -0.1) is 10.2 Å². The van der Waals surface area contributed by atoms with E-state index in [4.69, 9.17) is 8.83 Å². The summed E-state index contributed by atoms with van der Waals surface area (Å²) in [7, 11) is 0. The topological polar surface area (TPSA) is 69.9 Å². The summed E-state index contributed by atoms with van der Waals surface area (Å²) in [6.07, 6.45) is 3.35. The number of thioether (sulfide) groups is 1. The molecule has 0 saturated carbocycles. The molecule has 6 nitrogen and oxygen atoms in total. The van der Waals surface area contributed by atoms with Gasteiger partial charge >= 0.3 is 0 Å². The highest BCUT2D eigenvalue weighted by atomic mass is 32.2. The first-order valence-corrected chi connectivity index (χ1v) is 9.76. The van der Waals surface area contributed by atoms with Gasteiger partial charge < -0.3 is 8.83 Å². The fourth-order valence-corrected chi connectivity index (χ4v) is 3.84. The Morgan fingerprint density at radius 1 is 1.11 bits per heavy atom. The van der Waals surface area contributed by atoms with Gasteiger partial charge in [-0.25, -0.2) is 4.98 Å². The molecule has 3 aromatic heterocycles. The highest BCUT2D eigenvalue weighted by Crippen LogP contribution is 2.28. The Kier molecular flexibility index (Phi) is 4.85. The second-order valence-electron chi connectivity index (χ2n) is 6.28. The van der Waals surface area contributed by atoms with Crippen molar-refractivity contribution in [3.63, 3.8) is 0 Å². The third-order valence-corrected chi connectivity index (χ3v) is 5.29. The average molecular weight is 380 g/mol. The number of aromatic nitrogens is 4. The molecule has 0 bridgehead atoms. The summed E-state index contributed by atoms with van der Waals surface area (Å²) < 4.78 is 13.2. The molecular formula is C20H20N4O2S. The zero-order chi connectivity index (χ0) is 18.8. The van der Waals surface area contributed by atoms with Crippen LogP contribution in [-0.2, 0) is 12.3 Å². The van der Waals surface area contributed by atoms with Crippen LogP contribution in [0, 0.1) is 13.8 Å². The monoisotopic (exact) mass is 380 g/mol. The highest BCUT2D eigenvalue weighted by molar-refractivity contribution is 7.98. The van der Waals surface area contributed by atoms with Crippen LogP contribution in [0.5, 0.6) is 0 Å². The molecule has 0 unspecified atom stereocenters. The van der Waals surface area contributed by atoms with Gasteiger partial charge in [-0.2, -0.15) is 0 Å². The van der Waals surface area contributed by atoms with E-state index in [1.165, 1.54) is 5.56 Å². The number of hydrogen-bond acceptors (Lipinski definition) is 6. The van der Waals surface area contributed by atoms with E-state index in [2.05, 4.69) is 54.2 Å². The number of hydrogen-bond donors (Lipinski definition) is 0. The lowest BCUT2D eigenvalue weighted by Gasteiger charge is -2.04. The average Bonchev–Trinajstić information content (AvgIpc) is 3.39. The molecule has 0 N–H and O–H groups in total. The Morgan fingerprint density at radius 2 is 2.00 bits per heavy atom. The summed E-state index contributed by atoms with van der Waals surface area (Å²) in [5.74, 6) is 2.76. The maximum atomic E-state index is 5.70. The first kappa shape index (κ1) is 17.6. The minimum atomic E-state index is 0.649. The molecule has 138 valence electrons. The molecule has 4 rings (SSSR count). The first-order valence-electron chi connectivity index (χ1n) is 8.77. The van der Waals surface area contributed by atoms with E-state index in [9.17, 15) is 0 Å². The largest absolute Gasteiger partial charge is 0.461 e. The molecule has 0 spiro atoms. The van der Waals surface area contributed by atoms with E-state index in [1.54, 1.807) is 24.3 Å². The van der Waals surface area contributed by atoms with Gasteiger partial charge in [0.15, 0.2) is 16.7 Å². The van der Waals surface area contributed by atoms with Gasteiger partial charge in [0.2, 0.25) is 5.89 Å². The molecule has 0 amide bonds. The van der Waals surface area contributed by atoms with Crippen LogP contribution >= 0.6 is 11.8 Å². The molecule has 0 aliphatic heterocycles. The van der Waals surface area contributed by atoms with Crippen molar-refractivity contribution in [3.8, 4) is 23.0 Å². The molecular weight excluding hydrogens is 360 g/mol. The molecule has 0 saturated heterocycles. The summed E-state index contributed by atoms with van der Waals surface area (Å²) >= 11 is 1.58. The molecule has 1 aromatic carbocycles. The predicted octanol–water partition coefficient (Wildman–Crippen LogP) is 5.12. The van der Waals surface area contributed by atoms with Gasteiger partial charge in [0.1, 0.15) is 6.26 Å². The smallest absolute Gasteiger partial charge is 0.226 e. The molecule has 4 aromatic rings. The van der Waals surface area contributed by atoms with E-state index in [0.29, 0.717) is 11.6 Å². The van der Waals surface area contributed by atoms with Gasteiger partial charge in [0.05, 0.1) is 12.0 Å². The third-order valence-electron chi connectivity index (χ3n) is 4.29. The van der Waals surface area contributed by atoms with Crippen molar-refractivity contribution < 1.29 is 8.83 Å². The molecule has 7 heteroatoms. The molecule has 0 aliphatic rings. The SMILES string of the molecule is CCn1c(SCc2coc(-c3ccc(C)cc3C)n2)nnc1-c1ccco1. The van der Waals surface area contributed by atoms with E-state index >= 15 is 0 Å². The quantitative estimate of drug-likeness (QED) is 0.432. The molecule has 0 atom stereocenters. The highest BCUT2D eigenvalue weighted by Gasteiger charge is 2.16. The Labute approximate surface area is 161 Å².